The number of rotatable bonds is 7. The van der Waals surface area contributed by atoms with Crippen molar-refractivity contribution in [3.63, 3.8) is 0 Å². The highest BCUT2D eigenvalue weighted by Gasteiger charge is 2.20. The number of piperidine rings is 1. The molecule has 1 saturated heterocycles. The Morgan fingerprint density at radius 3 is 2.77 bits per heavy atom. The zero-order chi connectivity index (χ0) is 18.4. The smallest absolute Gasteiger partial charge is 0.275 e. The maximum Gasteiger partial charge on any atom is 0.275 e. The van der Waals surface area contributed by atoms with Crippen LogP contribution in [0.4, 0.5) is 0 Å². The molecule has 140 valence electrons. The third kappa shape index (κ3) is 4.32. The second-order valence-corrected chi connectivity index (χ2v) is 6.29. The number of carbonyl (C=O) groups excluding carboxylic acids is 1. The molecule has 8 heteroatoms. The van der Waals surface area contributed by atoms with Crippen LogP contribution in [-0.4, -0.2) is 66.2 Å². The maximum atomic E-state index is 12.5. The number of nitrogens with one attached hydrogen (secondary N) is 1. The molecule has 26 heavy (non-hydrogen) atoms. The largest absolute Gasteiger partial charge is 0.493 e. The zero-order valence-corrected chi connectivity index (χ0v) is 15.2. The van der Waals surface area contributed by atoms with Gasteiger partial charge in [0.05, 0.1) is 25.9 Å². The highest BCUT2D eigenvalue weighted by molar-refractivity contribution is 5.91. The van der Waals surface area contributed by atoms with Gasteiger partial charge >= 0.3 is 0 Å². The lowest BCUT2D eigenvalue weighted by atomic mass is 10.1. The van der Waals surface area contributed by atoms with E-state index < -0.39 is 0 Å². The van der Waals surface area contributed by atoms with Crippen LogP contribution < -0.4 is 14.8 Å². The van der Waals surface area contributed by atoms with E-state index in [1.54, 1.807) is 25.3 Å². The Morgan fingerprint density at radius 1 is 1.31 bits per heavy atom. The van der Waals surface area contributed by atoms with Crippen LogP contribution in [-0.2, 0) is 0 Å². The number of para-hydroxylation sites is 2. The summed E-state index contributed by atoms with van der Waals surface area (Å²) in [5, 5.41) is 11.5. The van der Waals surface area contributed by atoms with E-state index in [1.807, 2.05) is 28.9 Å². The van der Waals surface area contributed by atoms with Crippen LogP contribution >= 0.6 is 0 Å². The van der Waals surface area contributed by atoms with Crippen LogP contribution in [0.2, 0.25) is 0 Å². The van der Waals surface area contributed by atoms with Crippen molar-refractivity contribution >= 4 is 5.91 Å². The molecule has 0 radical (unpaired) electrons. The first-order chi connectivity index (χ1) is 12.7. The normalized spacial score (nSPS) is 14.8. The van der Waals surface area contributed by atoms with Crippen LogP contribution in [0, 0.1) is 0 Å². The molecule has 0 unspecified atom stereocenters. The van der Waals surface area contributed by atoms with E-state index in [2.05, 4.69) is 15.6 Å². The number of methoxy groups -OCH3 is 1. The Labute approximate surface area is 153 Å². The predicted octanol–water partition coefficient (Wildman–Crippen LogP) is 1.36. The van der Waals surface area contributed by atoms with Gasteiger partial charge < -0.3 is 19.7 Å². The van der Waals surface area contributed by atoms with Crippen molar-refractivity contribution in [2.45, 2.75) is 18.9 Å². The monoisotopic (exact) mass is 359 g/mol. The molecule has 2 aromatic rings. The number of aromatic nitrogens is 3. The molecule has 1 aromatic heterocycles. The lowest BCUT2D eigenvalue weighted by molar-refractivity contribution is 0.0767. The molecule has 1 aliphatic heterocycles. The molecular formula is C18H25N5O3. The summed E-state index contributed by atoms with van der Waals surface area (Å²) in [7, 11) is 3.33. The molecule has 3 rings (SSSR count). The predicted molar refractivity (Wildman–Crippen MR) is 96.6 cm³/mol. The number of hydrogen-bond donors (Lipinski definition) is 1. The summed E-state index contributed by atoms with van der Waals surface area (Å²) in [5.74, 6) is 1.17. The molecule has 0 atom stereocenters. The summed E-state index contributed by atoms with van der Waals surface area (Å²) in [6.45, 7) is 2.74. The molecule has 0 saturated carbocycles. The fourth-order valence-corrected chi connectivity index (χ4v) is 2.95. The summed E-state index contributed by atoms with van der Waals surface area (Å²) >= 11 is 0. The lowest BCUT2D eigenvalue weighted by Gasteiger charge is -2.22. The highest BCUT2D eigenvalue weighted by atomic mass is 16.5. The third-order valence-electron chi connectivity index (χ3n) is 4.51. The Hall–Kier alpha value is -2.61. The molecule has 0 aliphatic carbocycles. The minimum atomic E-state index is -0.159. The second-order valence-electron chi connectivity index (χ2n) is 6.29. The van der Waals surface area contributed by atoms with Gasteiger partial charge in [0.25, 0.3) is 5.91 Å². The van der Waals surface area contributed by atoms with Crippen LogP contribution in [0.1, 0.15) is 29.4 Å². The highest BCUT2D eigenvalue weighted by Crippen LogP contribution is 2.25. The summed E-state index contributed by atoms with van der Waals surface area (Å²) in [6, 6.07) is 7.75. The Bertz CT molecular complexity index is 727. The average Bonchev–Trinajstić information content (AvgIpc) is 3.18. The number of hydrogen-bond acceptors (Lipinski definition) is 6. The van der Waals surface area contributed by atoms with Crippen LogP contribution in [0.15, 0.2) is 30.5 Å². The Balaban J connectivity index is 1.52. The SMILES string of the molecule is COc1ccccc1OCCN(C)C(=O)c1cn(C2CCNCC2)nn1. The number of likely N-dealkylation sites (N-methyl/N-ethyl adjacent to an activating group) is 1. The first-order valence-corrected chi connectivity index (χ1v) is 8.83. The molecule has 1 aromatic carbocycles. The van der Waals surface area contributed by atoms with Gasteiger partial charge in [0.15, 0.2) is 17.2 Å². The number of amides is 1. The lowest BCUT2D eigenvalue weighted by Crippen LogP contribution is -2.31. The average molecular weight is 359 g/mol. The third-order valence-corrected chi connectivity index (χ3v) is 4.51. The van der Waals surface area contributed by atoms with Gasteiger partial charge in [0.1, 0.15) is 6.61 Å². The number of benzene rings is 1. The van der Waals surface area contributed by atoms with E-state index >= 15 is 0 Å². The molecule has 1 N–H and O–H groups in total. The first kappa shape index (κ1) is 18.2. The summed E-state index contributed by atoms with van der Waals surface area (Å²) in [4.78, 5) is 14.1. The van der Waals surface area contributed by atoms with E-state index in [1.165, 1.54) is 0 Å². The van der Waals surface area contributed by atoms with Crippen molar-refractivity contribution in [3.8, 4) is 11.5 Å². The zero-order valence-electron chi connectivity index (χ0n) is 15.2. The van der Waals surface area contributed by atoms with E-state index in [-0.39, 0.29) is 5.91 Å². The summed E-state index contributed by atoms with van der Waals surface area (Å²) in [6.07, 6.45) is 3.75. The Morgan fingerprint density at radius 2 is 2.04 bits per heavy atom. The molecule has 0 spiro atoms. The molecule has 2 heterocycles. The molecule has 0 bridgehead atoms. The van der Waals surface area contributed by atoms with Crippen molar-refractivity contribution in [2.24, 2.45) is 0 Å². The summed E-state index contributed by atoms with van der Waals surface area (Å²) < 4.78 is 12.8. The van der Waals surface area contributed by atoms with Crippen molar-refractivity contribution in [1.82, 2.24) is 25.2 Å². The van der Waals surface area contributed by atoms with E-state index in [0.717, 1.165) is 25.9 Å². The second kappa shape index (κ2) is 8.66. The van der Waals surface area contributed by atoms with Crippen LogP contribution in [0.25, 0.3) is 0 Å². The van der Waals surface area contributed by atoms with Gasteiger partial charge in [-0.2, -0.15) is 0 Å². The Kier molecular flexibility index (Phi) is 6.06. The quantitative estimate of drug-likeness (QED) is 0.804. The van der Waals surface area contributed by atoms with Gasteiger partial charge in [0, 0.05) is 7.05 Å². The minimum absolute atomic E-state index is 0.159. The van der Waals surface area contributed by atoms with Gasteiger partial charge in [-0.15, -0.1) is 5.10 Å². The van der Waals surface area contributed by atoms with Crippen molar-refractivity contribution in [1.29, 1.82) is 0 Å². The molecule has 1 aliphatic rings. The fourth-order valence-electron chi connectivity index (χ4n) is 2.95. The van der Waals surface area contributed by atoms with E-state index in [9.17, 15) is 4.79 Å². The maximum absolute atomic E-state index is 12.5. The van der Waals surface area contributed by atoms with Crippen molar-refractivity contribution in [3.05, 3.63) is 36.2 Å². The first-order valence-electron chi connectivity index (χ1n) is 8.83. The van der Waals surface area contributed by atoms with Gasteiger partial charge in [-0.25, -0.2) is 4.68 Å². The molecular weight excluding hydrogens is 334 g/mol. The van der Waals surface area contributed by atoms with E-state index in [4.69, 9.17) is 9.47 Å². The van der Waals surface area contributed by atoms with E-state index in [0.29, 0.717) is 36.4 Å². The van der Waals surface area contributed by atoms with Crippen LogP contribution in [0.5, 0.6) is 11.5 Å². The minimum Gasteiger partial charge on any atom is -0.493 e. The molecule has 1 amide bonds. The van der Waals surface area contributed by atoms with Gasteiger partial charge in [0.2, 0.25) is 0 Å². The molecule has 1 fully saturated rings. The van der Waals surface area contributed by atoms with Gasteiger partial charge in [-0.3, -0.25) is 4.79 Å². The standard InChI is InChI=1S/C18H25N5O3/c1-22(11-12-26-17-6-4-3-5-16(17)25-2)18(24)15-13-23(21-20-15)14-7-9-19-10-8-14/h3-6,13-14,19H,7-12H2,1-2H3. The number of ether oxygens (including phenoxy) is 2. The van der Waals surface area contributed by atoms with Crippen LogP contribution in [0.3, 0.4) is 0 Å². The van der Waals surface area contributed by atoms with Gasteiger partial charge in [-0.1, -0.05) is 17.3 Å². The van der Waals surface area contributed by atoms with Crippen molar-refractivity contribution in [2.75, 3.05) is 40.4 Å². The van der Waals surface area contributed by atoms with Gasteiger partial charge in [-0.05, 0) is 38.1 Å². The topological polar surface area (TPSA) is 81.5 Å². The summed E-state index contributed by atoms with van der Waals surface area (Å²) in [5.41, 5.74) is 0.364. The van der Waals surface area contributed by atoms with Crippen molar-refractivity contribution < 1.29 is 14.3 Å². The number of carbonyl (C=O) groups is 1. The molecule has 8 nitrogen and oxygen atoms in total. The number of nitrogens with zero attached hydrogens (tertiary/aromatic N) is 4. The fraction of sp³-hybridized carbons (Fsp3) is 0.500.